The standard InChI is InChI=1S/C16H14F2N2O2/c1-20-14-12(10-7-11(10)16(14,17)18)13(19-20)15(21)22-8-9-5-3-2-4-6-9/h2-6,10-11H,7-8H2,1H3/t10-,11+/m0/s1. The number of esters is 1. The molecule has 2 aromatic rings. The van der Waals surface area contributed by atoms with Crippen LogP contribution in [0.4, 0.5) is 8.78 Å². The van der Waals surface area contributed by atoms with Crippen LogP contribution < -0.4 is 0 Å². The molecule has 1 heterocycles. The third-order valence-corrected chi connectivity index (χ3v) is 4.43. The summed E-state index contributed by atoms with van der Waals surface area (Å²) in [6.45, 7) is 0.107. The average molecular weight is 304 g/mol. The number of ether oxygens (including phenoxy) is 1. The molecule has 0 radical (unpaired) electrons. The van der Waals surface area contributed by atoms with E-state index in [1.54, 1.807) is 0 Å². The van der Waals surface area contributed by atoms with Crippen molar-refractivity contribution in [3.8, 4) is 0 Å². The first-order chi connectivity index (χ1) is 10.5. The van der Waals surface area contributed by atoms with Gasteiger partial charge in [-0.2, -0.15) is 13.9 Å². The molecule has 4 nitrogen and oxygen atoms in total. The van der Waals surface area contributed by atoms with Crippen molar-refractivity contribution in [3.63, 3.8) is 0 Å². The van der Waals surface area contributed by atoms with Crippen LogP contribution in [0.25, 0.3) is 0 Å². The van der Waals surface area contributed by atoms with E-state index in [9.17, 15) is 13.6 Å². The van der Waals surface area contributed by atoms with Crippen molar-refractivity contribution in [2.75, 3.05) is 0 Å². The van der Waals surface area contributed by atoms with Crippen molar-refractivity contribution in [1.29, 1.82) is 0 Å². The van der Waals surface area contributed by atoms with Gasteiger partial charge in [-0.15, -0.1) is 0 Å². The molecule has 0 N–H and O–H groups in total. The topological polar surface area (TPSA) is 44.1 Å². The van der Waals surface area contributed by atoms with Crippen LogP contribution in [-0.2, 0) is 24.3 Å². The van der Waals surface area contributed by atoms with Crippen LogP contribution in [0.2, 0.25) is 0 Å². The van der Waals surface area contributed by atoms with Crippen molar-refractivity contribution in [2.45, 2.75) is 24.9 Å². The fourth-order valence-electron chi connectivity index (χ4n) is 3.32. The maximum atomic E-state index is 14.1. The number of benzene rings is 1. The highest BCUT2D eigenvalue weighted by Gasteiger charge is 2.67. The van der Waals surface area contributed by atoms with Crippen LogP contribution in [-0.4, -0.2) is 15.7 Å². The lowest BCUT2D eigenvalue weighted by molar-refractivity contribution is -0.0302. The van der Waals surface area contributed by atoms with Gasteiger partial charge in [0.1, 0.15) is 12.3 Å². The van der Waals surface area contributed by atoms with Gasteiger partial charge >= 0.3 is 5.97 Å². The highest BCUT2D eigenvalue weighted by molar-refractivity contribution is 5.90. The summed E-state index contributed by atoms with van der Waals surface area (Å²) in [4.78, 5) is 12.2. The summed E-state index contributed by atoms with van der Waals surface area (Å²) in [6, 6.07) is 9.22. The van der Waals surface area contributed by atoms with Crippen LogP contribution in [0.15, 0.2) is 30.3 Å². The molecule has 22 heavy (non-hydrogen) atoms. The molecule has 0 spiro atoms. The van der Waals surface area contributed by atoms with Crippen molar-refractivity contribution in [2.24, 2.45) is 13.0 Å². The predicted molar refractivity (Wildman–Crippen MR) is 73.5 cm³/mol. The quantitative estimate of drug-likeness (QED) is 0.819. The fraction of sp³-hybridized carbons (Fsp3) is 0.375. The van der Waals surface area contributed by atoms with E-state index in [2.05, 4.69) is 5.10 Å². The summed E-state index contributed by atoms with van der Waals surface area (Å²) in [7, 11) is 1.45. The van der Waals surface area contributed by atoms with Gasteiger partial charge in [0.15, 0.2) is 5.69 Å². The highest BCUT2D eigenvalue weighted by atomic mass is 19.3. The Morgan fingerprint density at radius 1 is 1.41 bits per heavy atom. The predicted octanol–water partition coefficient (Wildman–Crippen LogP) is 2.99. The van der Waals surface area contributed by atoms with E-state index in [1.807, 2.05) is 30.3 Å². The molecule has 2 aliphatic carbocycles. The Morgan fingerprint density at radius 3 is 2.86 bits per heavy atom. The van der Waals surface area contributed by atoms with Gasteiger partial charge < -0.3 is 4.74 Å². The maximum absolute atomic E-state index is 14.1. The Hall–Kier alpha value is -2.24. The van der Waals surface area contributed by atoms with E-state index in [4.69, 9.17) is 4.74 Å². The van der Waals surface area contributed by atoms with Crippen LogP contribution in [0.1, 0.15) is 39.6 Å². The fourth-order valence-corrected chi connectivity index (χ4v) is 3.32. The number of hydrogen-bond acceptors (Lipinski definition) is 3. The number of aryl methyl sites for hydroxylation is 1. The number of rotatable bonds is 3. The smallest absolute Gasteiger partial charge is 0.359 e. The van der Waals surface area contributed by atoms with Gasteiger partial charge in [0.25, 0.3) is 5.92 Å². The lowest BCUT2D eigenvalue weighted by atomic mass is 10.1. The van der Waals surface area contributed by atoms with E-state index in [-0.39, 0.29) is 23.9 Å². The molecule has 0 aliphatic heterocycles. The van der Waals surface area contributed by atoms with Crippen LogP contribution in [0.3, 0.4) is 0 Å². The minimum Gasteiger partial charge on any atom is -0.456 e. The molecule has 0 amide bonds. The molecule has 1 aromatic heterocycles. The van der Waals surface area contributed by atoms with E-state index in [1.165, 1.54) is 7.05 Å². The molecule has 0 saturated heterocycles. The largest absolute Gasteiger partial charge is 0.456 e. The second-order valence-corrected chi connectivity index (χ2v) is 5.87. The van der Waals surface area contributed by atoms with Gasteiger partial charge in [0.05, 0.1) is 0 Å². The highest BCUT2D eigenvalue weighted by Crippen LogP contribution is 2.67. The van der Waals surface area contributed by atoms with Crippen molar-refractivity contribution in [1.82, 2.24) is 9.78 Å². The molecule has 114 valence electrons. The van der Waals surface area contributed by atoms with E-state index in [0.29, 0.717) is 12.0 Å². The number of nitrogens with zero attached hydrogens (tertiary/aromatic N) is 2. The molecule has 0 unspecified atom stereocenters. The molecule has 4 rings (SSSR count). The molecule has 1 fully saturated rings. The third kappa shape index (κ3) is 1.79. The van der Waals surface area contributed by atoms with E-state index in [0.717, 1.165) is 10.2 Å². The first kappa shape index (κ1) is 13.4. The third-order valence-electron chi connectivity index (χ3n) is 4.43. The first-order valence-electron chi connectivity index (χ1n) is 7.16. The summed E-state index contributed by atoms with van der Waals surface area (Å²) in [5.41, 5.74) is 1.15. The molecule has 1 aromatic carbocycles. The van der Waals surface area contributed by atoms with Crippen molar-refractivity contribution >= 4 is 5.97 Å². The Morgan fingerprint density at radius 2 is 2.14 bits per heavy atom. The summed E-state index contributed by atoms with van der Waals surface area (Å²) in [5, 5.41) is 3.98. The van der Waals surface area contributed by atoms with E-state index >= 15 is 0 Å². The molecule has 2 aliphatic rings. The van der Waals surface area contributed by atoms with Crippen LogP contribution >= 0.6 is 0 Å². The van der Waals surface area contributed by atoms with Gasteiger partial charge in [0, 0.05) is 18.5 Å². The summed E-state index contributed by atoms with van der Waals surface area (Å²) in [6.07, 6.45) is 0.421. The summed E-state index contributed by atoms with van der Waals surface area (Å²) >= 11 is 0. The average Bonchev–Trinajstić information content (AvgIpc) is 3.17. The van der Waals surface area contributed by atoms with Gasteiger partial charge in [-0.3, -0.25) is 4.68 Å². The number of aromatic nitrogens is 2. The summed E-state index contributed by atoms with van der Waals surface area (Å²) < 4.78 is 34.6. The van der Waals surface area contributed by atoms with Crippen molar-refractivity contribution < 1.29 is 18.3 Å². The van der Waals surface area contributed by atoms with Crippen LogP contribution in [0, 0.1) is 5.92 Å². The Bertz CT molecular complexity index is 755. The number of carbonyl (C=O) groups excluding carboxylic acids is 1. The zero-order chi connectivity index (χ0) is 15.5. The van der Waals surface area contributed by atoms with Gasteiger partial charge in [-0.05, 0) is 17.9 Å². The zero-order valence-corrected chi connectivity index (χ0v) is 11.9. The Kier molecular flexibility index (Phi) is 2.67. The van der Waals surface area contributed by atoms with Gasteiger partial charge in [-0.25, -0.2) is 4.79 Å². The number of halogens is 2. The number of carbonyl (C=O) groups is 1. The number of alkyl halides is 2. The Labute approximate surface area is 125 Å². The minimum atomic E-state index is -2.89. The SMILES string of the molecule is Cn1nc(C(=O)OCc2ccccc2)c2c1C(F)(F)[C@@H]1C[C@H]21. The Balaban J connectivity index is 1.60. The minimum absolute atomic E-state index is 0.0399. The van der Waals surface area contributed by atoms with Gasteiger partial charge in [0.2, 0.25) is 0 Å². The molecule has 1 saturated carbocycles. The maximum Gasteiger partial charge on any atom is 0.359 e. The lowest BCUT2D eigenvalue weighted by Crippen LogP contribution is -2.18. The molecule has 2 atom stereocenters. The second-order valence-electron chi connectivity index (χ2n) is 5.87. The van der Waals surface area contributed by atoms with E-state index < -0.39 is 17.8 Å². The zero-order valence-electron chi connectivity index (χ0n) is 11.9. The summed E-state index contributed by atoms with van der Waals surface area (Å²) in [5.74, 6) is -4.45. The van der Waals surface area contributed by atoms with Gasteiger partial charge in [-0.1, -0.05) is 30.3 Å². The molecule has 0 bridgehead atoms. The first-order valence-corrected chi connectivity index (χ1v) is 7.16. The molecular weight excluding hydrogens is 290 g/mol. The van der Waals surface area contributed by atoms with Crippen molar-refractivity contribution in [3.05, 3.63) is 52.8 Å². The second kappa shape index (κ2) is 4.38. The lowest BCUT2D eigenvalue weighted by Gasteiger charge is -2.12. The number of hydrogen-bond donors (Lipinski definition) is 0. The number of fused-ring (bicyclic) bond motifs is 3. The monoisotopic (exact) mass is 304 g/mol. The normalized spacial score (nSPS) is 23.8. The molecule has 6 heteroatoms. The molecular formula is C16H14F2N2O2. The van der Waals surface area contributed by atoms with Crippen LogP contribution in [0.5, 0.6) is 0 Å².